The summed E-state index contributed by atoms with van der Waals surface area (Å²) in [5, 5.41) is 0. The molecular formula is C14H20BrN3O. The van der Waals surface area contributed by atoms with Crippen LogP contribution >= 0.6 is 15.9 Å². The van der Waals surface area contributed by atoms with Crippen LogP contribution in [0.1, 0.15) is 6.92 Å². The topological polar surface area (TPSA) is 28.6 Å². The van der Waals surface area contributed by atoms with Gasteiger partial charge in [-0.25, -0.2) is 0 Å². The molecule has 3 heterocycles. The second-order valence-corrected chi connectivity index (χ2v) is 6.37. The van der Waals surface area contributed by atoms with Crippen LogP contribution < -0.4 is 4.90 Å². The predicted octanol–water partition coefficient (Wildman–Crippen LogP) is 2.00. The normalized spacial score (nSPS) is 28.8. The second kappa shape index (κ2) is 5.77. The minimum Gasteiger partial charge on any atom is -0.379 e. The lowest BCUT2D eigenvalue weighted by Crippen LogP contribution is -2.46. The first-order valence-electron chi connectivity index (χ1n) is 6.91. The van der Waals surface area contributed by atoms with Gasteiger partial charge < -0.3 is 9.64 Å². The molecule has 2 aliphatic heterocycles. The van der Waals surface area contributed by atoms with E-state index in [1.165, 1.54) is 5.69 Å². The molecule has 0 amide bonds. The van der Waals surface area contributed by atoms with Crippen LogP contribution in [0.5, 0.6) is 0 Å². The maximum atomic E-state index is 5.45. The van der Waals surface area contributed by atoms with E-state index < -0.39 is 0 Å². The Labute approximate surface area is 122 Å². The van der Waals surface area contributed by atoms with Crippen LogP contribution in [0.2, 0.25) is 0 Å². The molecule has 5 heteroatoms. The fourth-order valence-corrected chi connectivity index (χ4v) is 3.47. The number of rotatable bonds is 2. The molecule has 3 rings (SSSR count). The van der Waals surface area contributed by atoms with Crippen LogP contribution in [0.4, 0.5) is 5.69 Å². The third-order valence-electron chi connectivity index (χ3n) is 4.14. The van der Waals surface area contributed by atoms with Gasteiger partial charge in [0.05, 0.1) is 25.1 Å². The summed E-state index contributed by atoms with van der Waals surface area (Å²) in [6.07, 6.45) is 3.79. The largest absolute Gasteiger partial charge is 0.379 e. The van der Waals surface area contributed by atoms with Gasteiger partial charge >= 0.3 is 0 Å². The summed E-state index contributed by atoms with van der Waals surface area (Å²) in [5.74, 6) is 0.692. The van der Waals surface area contributed by atoms with Crippen LogP contribution in [0.25, 0.3) is 0 Å². The number of aromatic nitrogens is 1. The van der Waals surface area contributed by atoms with Gasteiger partial charge in [0, 0.05) is 42.9 Å². The maximum absolute atomic E-state index is 5.45. The first kappa shape index (κ1) is 13.3. The fourth-order valence-electron chi connectivity index (χ4n) is 3.12. The maximum Gasteiger partial charge on any atom is 0.0594 e. The van der Waals surface area contributed by atoms with Crippen molar-refractivity contribution in [3.63, 3.8) is 0 Å². The Hall–Kier alpha value is -0.650. The van der Waals surface area contributed by atoms with Crippen LogP contribution in [0, 0.1) is 5.92 Å². The van der Waals surface area contributed by atoms with E-state index in [-0.39, 0.29) is 0 Å². The molecule has 0 bridgehead atoms. The molecule has 104 valence electrons. The number of hydrogen-bond acceptors (Lipinski definition) is 4. The highest BCUT2D eigenvalue weighted by atomic mass is 79.9. The molecule has 0 saturated carbocycles. The van der Waals surface area contributed by atoms with Crippen molar-refractivity contribution in [2.45, 2.75) is 13.0 Å². The van der Waals surface area contributed by atoms with E-state index >= 15 is 0 Å². The molecule has 0 radical (unpaired) electrons. The number of anilines is 1. The van der Waals surface area contributed by atoms with Gasteiger partial charge in [-0.05, 0) is 27.9 Å². The van der Waals surface area contributed by atoms with Gasteiger partial charge in [0.2, 0.25) is 0 Å². The Morgan fingerprint density at radius 1 is 1.26 bits per heavy atom. The monoisotopic (exact) mass is 325 g/mol. The Morgan fingerprint density at radius 2 is 2.05 bits per heavy atom. The second-order valence-electron chi connectivity index (χ2n) is 5.46. The molecule has 2 fully saturated rings. The van der Waals surface area contributed by atoms with E-state index in [4.69, 9.17) is 4.74 Å². The third-order valence-corrected chi connectivity index (χ3v) is 4.58. The lowest BCUT2D eigenvalue weighted by atomic mass is 10.0. The van der Waals surface area contributed by atoms with Crippen molar-refractivity contribution < 1.29 is 4.74 Å². The zero-order valence-electron chi connectivity index (χ0n) is 11.3. The van der Waals surface area contributed by atoms with Crippen molar-refractivity contribution in [2.75, 3.05) is 44.3 Å². The van der Waals surface area contributed by atoms with Crippen molar-refractivity contribution in [3.05, 3.63) is 22.9 Å². The van der Waals surface area contributed by atoms with E-state index in [0.717, 1.165) is 43.9 Å². The molecule has 1 aromatic rings. The highest BCUT2D eigenvalue weighted by molar-refractivity contribution is 9.10. The van der Waals surface area contributed by atoms with Crippen molar-refractivity contribution in [2.24, 2.45) is 5.92 Å². The summed E-state index contributed by atoms with van der Waals surface area (Å²) in [6, 6.07) is 2.80. The lowest BCUT2D eigenvalue weighted by Gasteiger charge is -2.34. The third kappa shape index (κ3) is 2.93. The molecule has 0 spiro atoms. The summed E-state index contributed by atoms with van der Waals surface area (Å²) in [5.41, 5.74) is 1.22. The van der Waals surface area contributed by atoms with E-state index in [0.29, 0.717) is 12.0 Å². The highest BCUT2D eigenvalue weighted by Gasteiger charge is 2.34. The minimum absolute atomic E-state index is 0.642. The van der Waals surface area contributed by atoms with Gasteiger partial charge in [-0.1, -0.05) is 6.92 Å². The van der Waals surface area contributed by atoms with Gasteiger partial charge in [-0.15, -0.1) is 0 Å². The van der Waals surface area contributed by atoms with E-state index in [1.807, 2.05) is 12.4 Å². The zero-order valence-corrected chi connectivity index (χ0v) is 12.8. The Morgan fingerprint density at radius 3 is 2.79 bits per heavy atom. The average molecular weight is 326 g/mol. The van der Waals surface area contributed by atoms with Crippen molar-refractivity contribution in [1.82, 2.24) is 9.88 Å². The molecule has 0 aliphatic carbocycles. The Bertz CT molecular complexity index is 436. The molecule has 0 aromatic carbocycles. The number of pyridine rings is 1. The minimum atomic E-state index is 0.642. The predicted molar refractivity (Wildman–Crippen MR) is 79.5 cm³/mol. The molecule has 19 heavy (non-hydrogen) atoms. The average Bonchev–Trinajstić information content (AvgIpc) is 2.82. The standard InChI is InChI=1S/C14H20BrN3O/c1-11-9-18(13-6-12(15)7-16-8-13)10-14(11)17-2-4-19-5-3-17/h6-8,11,14H,2-5,9-10H2,1H3/t11-,14+/m0/s1. The SMILES string of the molecule is C[C@H]1CN(c2cncc(Br)c2)C[C@H]1N1CCOCC1. The number of ether oxygens (including phenoxy) is 1. The van der Waals surface area contributed by atoms with Crippen LogP contribution in [0.15, 0.2) is 22.9 Å². The number of hydrogen-bond donors (Lipinski definition) is 0. The zero-order chi connectivity index (χ0) is 13.2. The lowest BCUT2D eigenvalue weighted by molar-refractivity contribution is 0.0134. The van der Waals surface area contributed by atoms with Crippen molar-refractivity contribution >= 4 is 21.6 Å². The molecule has 2 aliphatic rings. The quantitative estimate of drug-likeness (QED) is 0.831. The molecule has 0 N–H and O–H groups in total. The summed E-state index contributed by atoms with van der Waals surface area (Å²) in [4.78, 5) is 9.30. The smallest absolute Gasteiger partial charge is 0.0594 e. The van der Waals surface area contributed by atoms with Crippen LogP contribution in [-0.4, -0.2) is 55.3 Å². The van der Waals surface area contributed by atoms with Crippen LogP contribution in [-0.2, 0) is 4.74 Å². The van der Waals surface area contributed by atoms with E-state index in [9.17, 15) is 0 Å². The summed E-state index contributed by atoms with van der Waals surface area (Å²) in [7, 11) is 0. The molecule has 4 nitrogen and oxygen atoms in total. The first-order valence-corrected chi connectivity index (χ1v) is 7.70. The molecule has 0 unspecified atom stereocenters. The van der Waals surface area contributed by atoms with Crippen molar-refractivity contribution in [3.8, 4) is 0 Å². The van der Waals surface area contributed by atoms with Gasteiger partial charge in [0.15, 0.2) is 0 Å². The van der Waals surface area contributed by atoms with E-state index in [1.54, 1.807) is 0 Å². The summed E-state index contributed by atoms with van der Waals surface area (Å²) in [6.45, 7) is 8.45. The Balaban J connectivity index is 1.70. The molecule has 1 aromatic heterocycles. The van der Waals surface area contributed by atoms with Crippen LogP contribution in [0.3, 0.4) is 0 Å². The summed E-state index contributed by atoms with van der Waals surface area (Å²) < 4.78 is 6.50. The number of nitrogens with zero attached hydrogens (tertiary/aromatic N) is 3. The number of morpholine rings is 1. The number of halogens is 1. The van der Waals surface area contributed by atoms with E-state index in [2.05, 4.69) is 43.7 Å². The molecular weight excluding hydrogens is 306 g/mol. The van der Waals surface area contributed by atoms with Gasteiger partial charge in [0.25, 0.3) is 0 Å². The molecule has 2 saturated heterocycles. The summed E-state index contributed by atoms with van der Waals surface area (Å²) >= 11 is 3.50. The van der Waals surface area contributed by atoms with Gasteiger partial charge in [-0.3, -0.25) is 9.88 Å². The highest BCUT2D eigenvalue weighted by Crippen LogP contribution is 2.28. The first-order chi connectivity index (χ1) is 9.24. The fraction of sp³-hybridized carbons (Fsp3) is 0.643. The van der Waals surface area contributed by atoms with Crippen molar-refractivity contribution in [1.29, 1.82) is 0 Å². The van der Waals surface area contributed by atoms with Gasteiger partial charge in [-0.2, -0.15) is 0 Å². The van der Waals surface area contributed by atoms with Gasteiger partial charge in [0.1, 0.15) is 0 Å². The Kier molecular flexibility index (Phi) is 4.05. The molecule has 2 atom stereocenters.